The van der Waals surface area contributed by atoms with Crippen LogP contribution in [0.2, 0.25) is 0 Å². The highest BCUT2D eigenvalue weighted by Crippen LogP contribution is 2.67. The molecule has 7 rings (SSSR count). The summed E-state index contributed by atoms with van der Waals surface area (Å²) < 4.78 is 42.4. The maximum atomic E-state index is 14.7. The first kappa shape index (κ1) is 38.8. The van der Waals surface area contributed by atoms with Crippen LogP contribution in [-0.4, -0.2) is 58.8 Å². The molecule has 1 aromatic heterocycles. The molecule has 0 radical (unpaired) electrons. The molecule has 4 fully saturated rings. The molecule has 14 heteroatoms. The van der Waals surface area contributed by atoms with E-state index < -0.39 is 98.8 Å². The van der Waals surface area contributed by atoms with Crippen LogP contribution in [0.5, 0.6) is 5.75 Å². The smallest absolute Gasteiger partial charge is 0.351 e. The monoisotopic (exact) mass is 765 g/mol. The lowest BCUT2D eigenvalue weighted by Gasteiger charge is -2.45. The van der Waals surface area contributed by atoms with Gasteiger partial charge in [-0.1, -0.05) is 41.5 Å². The number of aryl methyl sites for hydroxylation is 1. The highest BCUT2D eigenvalue weighted by Gasteiger charge is 2.78. The molecule has 2 aromatic rings. The molecule has 14 nitrogen and oxygen atoms in total. The Kier molecular flexibility index (Phi) is 8.31. The zero-order valence-electron chi connectivity index (χ0n) is 33.4. The average molecular weight is 766 g/mol. The number of fused-ring (bicyclic) bond motifs is 7. The minimum Gasteiger partial charge on any atom is -0.483 e. The summed E-state index contributed by atoms with van der Waals surface area (Å²) in [4.78, 5) is 81.9. The maximum absolute atomic E-state index is 14.7. The van der Waals surface area contributed by atoms with Gasteiger partial charge in [-0.2, -0.15) is 0 Å². The van der Waals surface area contributed by atoms with Gasteiger partial charge in [0.05, 0.1) is 22.0 Å². The quantitative estimate of drug-likeness (QED) is 0.213. The van der Waals surface area contributed by atoms with E-state index in [1.54, 1.807) is 88.3 Å². The van der Waals surface area contributed by atoms with E-state index in [1.165, 1.54) is 0 Å². The second kappa shape index (κ2) is 11.8. The molecule has 55 heavy (non-hydrogen) atoms. The van der Waals surface area contributed by atoms with E-state index in [0.717, 1.165) is 0 Å². The first-order valence-electron chi connectivity index (χ1n) is 18.9. The van der Waals surface area contributed by atoms with Gasteiger partial charge in [-0.3, -0.25) is 14.4 Å². The number of ether oxygens (including phenoxy) is 6. The summed E-state index contributed by atoms with van der Waals surface area (Å²) in [7, 11) is 0. The minimum atomic E-state index is -1.67. The Morgan fingerprint density at radius 3 is 1.80 bits per heavy atom. The molecule has 3 unspecified atom stereocenters. The van der Waals surface area contributed by atoms with Crippen molar-refractivity contribution in [1.82, 2.24) is 0 Å². The Labute approximate surface area is 319 Å². The Morgan fingerprint density at radius 2 is 1.33 bits per heavy atom. The van der Waals surface area contributed by atoms with Gasteiger partial charge in [-0.25, -0.2) is 14.4 Å². The van der Waals surface area contributed by atoms with Crippen LogP contribution in [0, 0.1) is 34.5 Å². The molecule has 3 aliphatic heterocycles. The number of hydrogen-bond acceptors (Lipinski definition) is 14. The summed E-state index contributed by atoms with van der Waals surface area (Å²) in [6.07, 6.45) is -1.67. The number of nitrogens with two attached hydrogens (primary N) is 1. The van der Waals surface area contributed by atoms with Gasteiger partial charge in [-0.05, 0) is 83.9 Å². The fourth-order valence-electron chi connectivity index (χ4n) is 9.50. The van der Waals surface area contributed by atoms with Gasteiger partial charge >= 0.3 is 35.5 Å². The first-order chi connectivity index (χ1) is 25.3. The number of esters is 5. The lowest BCUT2D eigenvalue weighted by Crippen LogP contribution is -2.57. The van der Waals surface area contributed by atoms with Gasteiger partial charge in [0, 0.05) is 16.2 Å². The molecule has 4 bridgehead atoms. The third-order valence-electron chi connectivity index (χ3n) is 14.7. The number of hydrogen-bond donors (Lipinski definition) is 1. The predicted octanol–water partition coefficient (Wildman–Crippen LogP) is 5.04. The molecular weight excluding hydrogens is 714 g/mol. The topological polar surface area (TPSA) is 197 Å². The van der Waals surface area contributed by atoms with Crippen LogP contribution >= 0.6 is 0 Å². The zero-order chi connectivity index (χ0) is 40.6. The van der Waals surface area contributed by atoms with Crippen LogP contribution < -0.4 is 16.1 Å². The Bertz CT molecular complexity index is 2130. The van der Waals surface area contributed by atoms with Gasteiger partial charge in [0.1, 0.15) is 29.6 Å². The summed E-state index contributed by atoms with van der Waals surface area (Å²) in [6, 6.07) is 2.40. The molecule has 2 N–H and O–H groups in total. The Balaban J connectivity index is 1.35. The summed E-state index contributed by atoms with van der Waals surface area (Å²) in [5, 5.41) is 0.405. The number of carbonyl (C=O) groups is 5. The van der Waals surface area contributed by atoms with Crippen molar-refractivity contribution in [3.63, 3.8) is 0 Å². The predicted molar refractivity (Wildman–Crippen MR) is 193 cm³/mol. The van der Waals surface area contributed by atoms with E-state index in [9.17, 15) is 28.8 Å². The first-order valence-corrected chi connectivity index (χ1v) is 18.9. The van der Waals surface area contributed by atoms with E-state index in [-0.39, 0.29) is 41.2 Å². The van der Waals surface area contributed by atoms with Crippen LogP contribution in [0.1, 0.15) is 118 Å². The maximum Gasteiger partial charge on any atom is 0.351 e. The Hall–Kier alpha value is -4.46. The van der Waals surface area contributed by atoms with Crippen LogP contribution in [0.4, 0.5) is 0 Å². The molecule has 5 aliphatic rings. The van der Waals surface area contributed by atoms with Crippen molar-refractivity contribution in [2.75, 3.05) is 0 Å². The largest absolute Gasteiger partial charge is 0.483 e. The third kappa shape index (κ3) is 4.81. The molecule has 298 valence electrons. The van der Waals surface area contributed by atoms with Crippen LogP contribution in [0.25, 0.3) is 11.0 Å². The standard InChI is InChI=1S/C41H51NO13/c1-19(2)25(42)30(44)49-18-22-20(3)21-12-13-23-24(26(21)50-29(22)43)27(51-33(47)40-16-14-38(10,31(45)54-40)36(40,6)7)28(35(4,5)53-23)52-34(48)41-17-15-39(11,32(46)55-41)37(41,8)9/h12-13,19,25,27-28H,14-18,42H2,1-11H3/t25?,27-,28-,38?,39?,40-,41-/m1/s1. The number of rotatable bonds is 8. The molecule has 2 saturated heterocycles. The van der Waals surface area contributed by atoms with E-state index in [1.807, 2.05) is 0 Å². The lowest BCUT2D eigenvalue weighted by atomic mass is 9.66. The second-order valence-electron chi connectivity index (χ2n) is 18.4. The Morgan fingerprint density at radius 1 is 0.800 bits per heavy atom. The normalized spacial score (nSPS) is 33.8. The fraction of sp³-hybridized carbons (Fsp3) is 0.659. The van der Waals surface area contributed by atoms with Crippen LogP contribution in [-0.2, 0) is 54.3 Å². The van der Waals surface area contributed by atoms with E-state index in [4.69, 9.17) is 38.6 Å². The highest BCUT2D eigenvalue weighted by molar-refractivity contribution is 5.95. The zero-order valence-corrected chi connectivity index (χ0v) is 33.4. The van der Waals surface area contributed by atoms with Crippen molar-refractivity contribution >= 4 is 40.8 Å². The lowest BCUT2D eigenvalue weighted by molar-refractivity contribution is -0.217. The molecular formula is C41H51NO13. The summed E-state index contributed by atoms with van der Waals surface area (Å²) in [5.41, 5.74) is -2.79. The molecule has 4 heterocycles. The molecule has 0 amide bonds. The van der Waals surface area contributed by atoms with Crippen molar-refractivity contribution in [3.05, 3.63) is 39.2 Å². The van der Waals surface area contributed by atoms with Gasteiger partial charge in [0.15, 0.2) is 12.2 Å². The molecule has 7 atom stereocenters. The van der Waals surface area contributed by atoms with Crippen molar-refractivity contribution in [3.8, 4) is 5.75 Å². The average Bonchev–Trinajstić information content (AvgIpc) is 3.56. The molecule has 1 aromatic carbocycles. The molecule has 0 spiro atoms. The molecule has 2 aliphatic carbocycles. The fourth-order valence-corrected chi connectivity index (χ4v) is 9.50. The second-order valence-corrected chi connectivity index (χ2v) is 18.4. The minimum absolute atomic E-state index is 0.0148. The van der Waals surface area contributed by atoms with Crippen molar-refractivity contribution in [2.24, 2.45) is 33.3 Å². The van der Waals surface area contributed by atoms with E-state index >= 15 is 0 Å². The molecule has 2 saturated carbocycles. The van der Waals surface area contributed by atoms with Crippen molar-refractivity contribution < 1.29 is 56.8 Å². The van der Waals surface area contributed by atoms with Gasteiger partial charge in [0.2, 0.25) is 11.2 Å². The van der Waals surface area contributed by atoms with Gasteiger partial charge in [0.25, 0.3) is 0 Å². The van der Waals surface area contributed by atoms with Gasteiger partial charge in [-0.15, -0.1) is 0 Å². The van der Waals surface area contributed by atoms with Crippen LogP contribution in [0.15, 0.2) is 21.3 Å². The summed E-state index contributed by atoms with van der Waals surface area (Å²) in [5.74, 6) is -3.40. The van der Waals surface area contributed by atoms with E-state index in [2.05, 4.69) is 0 Å². The van der Waals surface area contributed by atoms with Crippen molar-refractivity contribution in [1.29, 1.82) is 0 Å². The van der Waals surface area contributed by atoms with E-state index in [0.29, 0.717) is 23.8 Å². The highest BCUT2D eigenvalue weighted by atomic mass is 16.7. The number of benzene rings is 1. The SMILES string of the molecule is Cc1c(COC(=O)C(N)C(C)C)c(=O)oc2c3c(ccc12)OC(C)(C)[C@H](OC(=O)[C@@]12CCC(C)(C(=O)O1)C2(C)C)[C@@H]3OC(=O)[C@@]12CCC(C)(C(=O)O1)C2(C)C. The van der Waals surface area contributed by atoms with Crippen molar-refractivity contribution in [2.45, 2.75) is 144 Å². The summed E-state index contributed by atoms with van der Waals surface area (Å²) >= 11 is 0. The van der Waals surface area contributed by atoms with Gasteiger partial charge < -0.3 is 38.6 Å². The summed E-state index contributed by atoms with van der Waals surface area (Å²) in [6.45, 7) is 18.8. The number of carbonyl (C=O) groups excluding carboxylic acids is 5. The third-order valence-corrected chi connectivity index (χ3v) is 14.7. The van der Waals surface area contributed by atoms with Crippen LogP contribution in [0.3, 0.4) is 0 Å².